The van der Waals surface area contributed by atoms with Crippen molar-refractivity contribution >= 4 is 0 Å². The Morgan fingerprint density at radius 1 is 1.22 bits per heavy atom. The first-order valence-electron chi connectivity index (χ1n) is 3.36. The second kappa shape index (κ2) is 4.46. The molecule has 0 saturated heterocycles. The van der Waals surface area contributed by atoms with Gasteiger partial charge in [0.15, 0.2) is 0 Å². The highest BCUT2D eigenvalue weighted by molar-refractivity contribution is 4.62. The minimum Gasteiger partial charge on any atom is -0.567 e. The van der Waals surface area contributed by atoms with Gasteiger partial charge >= 0.3 is 22.0 Å². The Morgan fingerprint density at radius 2 is 1.89 bits per heavy atom. The van der Waals surface area contributed by atoms with Gasteiger partial charge in [0.1, 0.15) is 6.10 Å². The van der Waals surface area contributed by atoms with Crippen LogP contribution in [0.25, 0.3) is 0 Å². The van der Waals surface area contributed by atoms with E-state index < -0.39 is 22.0 Å². The molecule has 3 heteroatoms. The minimum absolute atomic E-state index is 0.337. The Bertz CT molecular complexity index is 68.7. The molecule has 0 bridgehead atoms. The van der Waals surface area contributed by atoms with E-state index in [9.17, 15) is 3.44 Å². The summed E-state index contributed by atoms with van der Waals surface area (Å²) in [5.74, 6) is 0. The SMILES string of the molecule is [O-][I+]OC1CCCCC1. The van der Waals surface area contributed by atoms with Gasteiger partial charge in [0.05, 0.1) is 0 Å². The van der Waals surface area contributed by atoms with Gasteiger partial charge in [0.2, 0.25) is 0 Å². The Hall–Kier alpha value is 0.650. The van der Waals surface area contributed by atoms with Gasteiger partial charge in [-0.3, -0.25) is 0 Å². The Labute approximate surface area is 67.0 Å². The Balaban J connectivity index is 2.08. The molecule has 0 amide bonds. The first-order chi connectivity index (χ1) is 4.43. The molecule has 1 aliphatic rings. The number of halogens is 1. The quantitative estimate of drug-likeness (QED) is 0.506. The van der Waals surface area contributed by atoms with Crippen LogP contribution in [-0.2, 0) is 3.07 Å². The van der Waals surface area contributed by atoms with Crippen molar-refractivity contribution in [3.63, 3.8) is 0 Å². The molecule has 0 radical (unpaired) electrons. The number of rotatable bonds is 2. The monoisotopic (exact) mass is 242 g/mol. The third-order valence-corrected chi connectivity index (χ3v) is 2.64. The fourth-order valence-electron chi connectivity index (χ4n) is 1.21. The van der Waals surface area contributed by atoms with Gasteiger partial charge < -0.3 is 3.44 Å². The molecule has 54 valence electrons. The molecule has 9 heavy (non-hydrogen) atoms. The van der Waals surface area contributed by atoms with Crippen LogP contribution in [0.2, 0.25) is 0 Å². The van der Waals surface area contributed by atoms with E-state index in [1.165, 1.54) is 19.3 Å². The van der Waals surface area contributed by atoms with Crippen LogP contribution < -0.4 is 25.5 Å². The molecule has 0 unspecified atom stereocenters. The van der Waals surface area contributed by atoms with E-state index in [2.05, 4.69) is 0 Å². The molecule has 0 aliphatic heterocycles. The lowest BCUT2D eigenvalue weighted by Gasteiger charge is -2.15. The summed E-state index contributed by atoms with van der Waals surface area (Å²) in [6.45, 7) is 0. The summed E-state index contributed by atoms with van der Waals surface area (Å²) in [5.41, 5.74) is 0. The maximum atomic E-state index is 10.1. The van der Waals surface area contributed by atoms with Crippen molar-refractivity contribution in [2.45, 2.75) is 38.2 Å². The highest BCUT2D eigenvalue weighted by Crippen LogP contribution is 2.17. The summed E-state index contributed by atoms with van der Waals surface area (Å²) in [7, 11) is 0. The maximum Gasteiger partial charge on any atom is 0.453 e. The average molecular weight is 242 g/mol. The Morgan fingerprint density at radius 3 is 2.44 bits per heavy atom. The van der Waals surface area contributed by atoms with Crippen LogP contribution in [0.4, 0.5) is 0 Å². The summed E-state index contributed by atoms with van der Waals surface area (Å²) >= 11 is -1.17. The summed E-state index contributed by atoms with van der Waals surface area (Å²) in [6, 6.07) is 0. The van der Waals surface area contributed by atoms with Crippen LogP contribution in [0.3, 0.4) is 0 Å². The molecule has 1 rings (SSSR count). The van der Waals surface area contributed by atoms with E-state index in [-0.39, 0.29) is 0 Å². The summed E-state index contributed by atoms with van der Waals surface area (Å²) < 4.78 is 15.1. The summed E-state index contributed by atoms with van der Waals surface area (Å²) in [5, 5.41) is 0. The zero-order valence-corrected chi connectivity index (χ0v) is 7.46. The van der Waals surface area contributed by atoms with Gasteiger partial charge in [-0.15, -0.1) is 3.07 Å². The van der Waals surface area contributed by atoms with E-state index >= 15 is 0 Å². The topological polar surface area (TPSA) is 32.3 Å². The van der Waals surface area contributed by atoms with E-state index in [0.717, 1.165) is 12.8 Å². The highest BCUT2D eigenvalue weighted by Gasteiger charge is 2.17. The average Bonchev–Trinajstić information content (AvgIpc) is 1.91. The van der Waals surface area contributed by atoms with Crippen molar-refractivity contribution in [2.24, 2.45) is 0 Å². The van der Waals surface area contributed by atoms with Gasteiger partial charge in [-0.2, -0.15) is 0 Å². The molecule has 1 fully saturated rings. The van der Waals surface area contributed by atoms with Gasteiger partial charge in [0.25, 0.3) is 0 Å². The molecule has 0 atom stereocenters. The first kappa shape index (κ1) is 7.75. The minimum atomic E-state index is -1.17. The summed E-state index contributed by atoms with van der Waals surface area (Å²) in [4.78, 5) is 0. The smallest absolute Gasteiger partial charge is 0.453 e. The predicted molar refractivity (Wildman–Crippen MR) is 28.0 cm³/mol. The lowest BCUT2D eigenvalue weighted by Crippen LogP contribution is -3.70. The molecule has 0 aromatic carbocycles. The molecule has 0 heterocycles. The largest absolute Gasteiger partial charge is 0.567 e. The fraction of sp³-hybridized carbons (Fsp3) is 1.00. The van der Waals surface area contributed by atoms with E-state index in [1.54, 1.807) is 0 Å². The fourth-order valence-corrected chi connectivity index (χ4v) is 2.01. The van der Waals surface area contributed by atoms with E-state index in [1.807, 2.05) is 0 Å². The van der Waals surface area contributed by atoms with Crippen molar-refractivity contribution in [2.75, 3.05) is 0 Å². The van der Waals surface area contributed by atoms with Crippen molar-refractivity contribution < 1.29 is 28.5 Å². The van der Waals surface area contributed by atoms with Crippen molar-refractivity contribution in [3.8, 4) is 0 Å². The van der Waals surface area contributed by atoms with E-state index in [0.29, 0.717) is 6.10 Å². The number of hydrogen-bond acceptors (Lipinski definition) is 2. The molecule has 0 aromatic rings. The van der Waals surface area contributed by atoms with Gasteiger partial charge in [-0.25, -0.2) is 0 Å². The van der Waals surface area contributed by atoms with Gasteiger partial charge in [-0.05, 0) is 12.8 Å². The molecule has 0 N–H and O–H groups in total. The lowest BCUT2D eigenvalue weighted by molar-refractivity contribution is -1.27. The van der Waals surface area contributed by atoms with Crippen molar-refractivity contribution in [1.29, 1.82) is 0 Å². The van der Waals surface area contributed by atoms with Gasteiger partial charge in [-0.1, -0.05) is 19.3 Å². The third kappa shape index (κ3) is 2.82. The standard InChI is InChI=1S/C6H11IO2/c8-7-9-6-4-2-1-3-5-6/h6H,1-5H2. The Kier molecular flexibility index (Phi) is 3.85. The molecular formula is C6H11IO2. The molecule has 0 aromatic heterocycles. The molecule has 1 aliphatic carbocycles. The van der Waals surface area contributed by atoms with Crippen LogP contribution in [0.1, 0.15) is 32.1 Å². The maximum absolute atomic E-state index is 10.1. The van der Waals surface area contributed by atoms with Crippen LogP contribution in [0.5, 0.6) is 0 Å². The predicted octanol–water partition coefficient (Wildman–Crippen LogP) is -2.38. The second-order valence-corrected chi connectivity index (χ2v) is 3.28. The van der Waals surface area contributed by atoms with Crippen molar-refractivity contribution in [3.05, 3.63) is 0 Å². The van der Waals surface area contributed by atoms with Crippen LogP contribution in [-0.4, -0.2) is 6.10 Å². The van der Waals surface area contributed by atoms with Crippen LogP contribution in [0, 0.1) is 0 Å². The zero-order chi connectivity index (χ0) is 6.53. The van der Waals surface area contributed by atoms with E-state index in [4.69, 9.17) is 3.07 Å². The zero-order valence-electron chi connectivity index (χ0n) is 5.31. The first-order valence-corrected chi connectivity index (χ1v) is 5.12. The molecule has 2 nitrogen and oxygen atoms in total. The van der Waals surface area contributed by atoms with Crippen LogP contribution >= 0.6 is 0 Å². The molecular weight excluding hydrogens is 231 g/mol. The highest BCUT2D eigenvalue weighted by atomic mass is 127. The molecule has 1 saturated carbocycles. The third-order valence-electron chi connectivity index (χ3n) is 1.71. The van der Waals surface area contributed by atoms with Crippen molar-refractivity contribution in [1.82, 2.24) is 0 Å². The van der Waals surface area contributed by atoms with Crippen LogP contribution in [0.15, 0.2) is 0 Å². The normalized spacial score (nSPS) is 22.3. The second-order valence-electron chi connectivity index (χ2n) is 2.41. The van der Waals surface area contributed by atoms with Gasteiger partial charge in [0, 0.05) is 0 Å². The molecule has 0 spiro atoms. The summed E-state index contributed by atoms with van der Waals surface area (Å²) in [6.07, 6.45) is 6.44. The lowest BCUT2D eigenvalue weighted by atomic mass is 9.98. The number of hydrogen-bond donors (Lipinski definition) is 0.